The molecule has 0 aliphatic heterocycles. The van der Waals surface area contributed by atoms with Crippen molar-refractivity contribution in [2.45, 2.75) is 76.3 Å². The molecule has 2 aliphatic carbocycles. The number of urea groups is 1. The van der Waals surface area contributed by atoms with Gasteiger partial charge in [0.25, 0.3) is 5.91 Å². The standard InChI is InChI=1S/C16H26N2O2/c1-2-15(19)18(14-11-7-4-8-12-14)16(20)17-13-9-5-3-6-10-13/h2,13-14H,1,3-12H2,(H,17,20). The van der Waals surface area contributed by atoms with E-state index in [1.54, 1.807) is 0 Å². The van der Waals surface area contributed by atoms with Crippen LogP contribution in [-0.4, -0.2) is 28.9 Å². The molecule has 1 N–H and O–H groups in total. The van der Waals surface area contributed by atoms with Crippen LogP contribution >= 0.6 is 0 Å². The highest BCUT2D eigenvalue weighted by Crippen LogP contribution is 2.24. The zero-order valence-corrected chi connectivity index (χ0v) is 12.3. The summed E-state index contributed by atoms with van der Waals surface area (Å²) in [6.45, 7) is 3.53. The summed E-state index contributed by atoms with van der Waals surface area (Å²) in [5.74, 6) is -0.259. The van der Waals surface area contributed by atoms with Crippen LogP contribution in [0.15, 0.2) is 12.7 Å². The molecule has 0 aromatic carbocycles. The first-order valence-electron chi connectivity index (χ1n) is 7.98. The Morgan fingerprint density at radius 3 is 2.05 bits per heavy atom. The van der Waals surface area contributed by atoms with E-state index in [9.17, 15) is 9.59 Å². The lowest BCUT2D eigenvalue weighted by molar-refractivity contribution is -0.125. The largest absolute Gasteiger partial charge is 0.335 e. The first-order valence-corrected chi connectivity index (χ1v) is 7.98. The van der Waals surface area contributed by atoms with E-state index >= 15 is 0 Å². The van der Waals surface area contributed by atoms with E-state index in [0.29, 0.717) is 0 Å². The Kier molecular flexibility index (Phi) is 5.62. The van der Waals surface area contributed by atoms with Gasteiger partial charge in [-0.1, -0.05) is 45.1 Å². The van der Waals surface area contributed by atoms with E-state index < -0.39 is 0 Å². The topological polar surface area (TPSA) is 49.4 Å². The number of carbonyl (C=O) groups excluding carboxylic acids is 2. The smallest absolute Gasteiger partial charge is 0.324 e. The fourth-order valence-electron chi connectivity index (χ4n) is 3.37. The summed E-state index contributed by atoms with van der Waals surface area (Å²) in [6, 6.07) is 0.0755. The predicted molar refractivity (Wildman–Crippen MR) is 79.3 cm³/mol. The van der Waals surface area contributed by atoms with Crippen molar-refractivity contribution in [2.75, 3.05) is 0 Å². The van der Waals surface area contributed by atoms with Gasteiger partial charge in [-0.2, -0.15) is 0 Å². The third kappa shape index (κ3) is 3.84. The second-order valence-electron chi connectivity index (χ2n) is 5.99. The fourth-order valence-corrected chi connectivity index (χ4v) is 3.37. The Labute approximate surface area is 121 Å². The normalized spacial score (nSPS) is 21.2. The molecule has 0 unspecified atom stereocenters. The third-order valence-electron chi connectivity index (χ3n) is 4.50. The number of imide groups is 1. The number of nitrogens with one attached hydrogen (secondary N) is 1. The van der Waals surface area contributed by atoms with Crippen molar-refractivity contribution in [3.05, 3.63) is 12.7 Å². The van der Waals surface area contributed by atoms with E-state index in [2.05, 4.69) is 11.9 Å². The van der Waals surface area contributed by atoms with E-state index in [4.69, 9.17) is 0 Å². The van der Waals surface area contributed by atoms with E-state index in [-0.39, 0.29) is 24.0 Å². The molecule has 0 saturated heterocycles. The van der Waals surface area contributed by atoms with Gasteiger partial charge < -0.3 is 5.32 Å². The minimum Gasteiger partial charge on any atom is -0.335 e. The van der Waals surface area contributed by atoms with Gasteiger partial charge in [-0.3, -0.25) is 9.69 Å². The molecular weight excluding hydrogens is 252 g/mol. The molecule has 2 saturated carbocycles. The van der Waals surface area contributed by atoms with Gasteiger partial charge >= 0.3 is 6.03 Å². The Bertz CT molecular complexity index is 355. The molecule has 0 atom stereocenters. The summed E-state index contributed by atoms with van der Waals surface area (Å²) in [5, 5.41) is 3.05. The van der Waals surface area contributed by atoms with Gasteiger partial charge in [-0.05, 0) is 31.8 Å². The summed E-state index contributed by atoms with van der Waals surface area (Å²) in [7, 11) is 0. The molecule has 3 amide bonds. The number of hydrogen-bond donors (Lipinski definition) is 1. The van der Waals surface area contributed by atoms with Crippen LogP contribution in [0.5, 0.6) is 0 Å². The van der Waals surface area contributed by atoms with Gasteiger partial charge in [-0.25, -0.2) is 4.79 Å². The zero-order chi connectivity index (χ0) is 14.4. The highest BCUT2D eigenvalue weighted by atomic mass is 16.2. The highest BCUT2D eigenvalue weighted by molar-refractivity contribution is 6.00. The van der Waals surface area contributed by atoms with E-state index in [1.807, 2.05) is 0 Å². The average molecular weight is 278 g/mol. The van der Waals surface area contributed by atoms with E-state index in [0.717, 1.165) is 38.5 Å². The summed E-state index contributed by atoms with van der Waals surface area (Å²) in [4.78, 5) is 25.9. The van der Waals surface area contributed by atoms with Gasteiger partial charge in [0.1, 0.15) is 0 Å². The quantitative estimate of drug-likeness (QED) is 0.805. The Morgan fingerprint density at radius 1 is 0.950 bits per heavy atom. The lowest BCUT2D eigenvalue weighted by Gasteiger charge is -2.34. The molecule has 0 heterocycles. The Morgan fingerprint density at radius 2 is 1.50 bits per heavy atom. The molecule has 0 aromatic heterocycles. The third-order valence-corrected chi connectivity index (χ3v) is 4.50. The predicted octanol–water partition coefficient (Wildman–Crippen LogP) is 3.38. The first-order chi connectivity index (χ1) is 9.72. The summed E-state index contributed by atoms with van der Waals surface area (Å²) < 4.78 is 0. The maximum absolute atomic E-state index is 12.5. The molecule has 0 radical (unpaired) electrons. The number of rotatable bonds is 3. The summed E-state index contributed by atoms with van der Waals surface area (Å²) >= 11 is 0. The van der Waals surface area contributed by atoms with Crippen LogP contribution in [0.4, 0.5) is 4.79 Å². The molecule has 0 bridgehead atoms. The molecule has 112 valence electrons. The second kappa shape index (κ2) is 7.46. The number of amides is 3. The van der Waals surface area contributed by atoms with Crippen LogP contribution in [-0.2, 0) is 4.79 Å². The van der Waals surface area contributed by atoms with Gasteiger partial charge in [0.05, 0.1) is 0 Å². The molecular formula is C16H26N2O2. The van der Waals surface area contributed by atoms with Crippen LogP contribution in [0.2, 0.25) is 0 Å². The maximum Gasteiger partial charge on any atom is 0.324 e. The van der Waals surface area contributed by atoms with Crippen molar-refractivity contribution in [3.8, 4) is 0 Å². The monoisotopic (exact) mass is 278 g/mol. The number of carbonyl (C=O) groups is 2. The Hall–Kier alpha value is -1.32. The molecule has 2 fully saturated rings. The highest BCUT2D eigenvalue weighted by Gasteiger charge is 2.30. The molecule has 4 heteroatoms. The average Bonchev–Trinajstić information content (AvgIpc) is 2.49. The van der Waals surface area contributed by atoms with Crippen molar-refractivity contribution in [2.24, 2.45) is 0 Å². The van der Waals surface area contributed by atoms with Gasteiger partial charge in [-0.15, -0.1) is 0 Å². The van der Waals surface area contributed by atoms with Gasteiger partial charge in [0.2, 0.25) is 0 Å². The minimum absolute atomic E-state index is 0.0536. The SMILES string of the molecule is C=CC(=O)N(C(=O)NC1CCCCC1)C1CCCCC1. The molecule has 0 aromatic rings. The van der Waals surface area contributed by atoms with Crippen molar-refractivity contribution in [3.63, 3.8) is 0 Å². The molecule has 2 aliphatic rings. The lowest BCUT2D eigenvalue weighted by atomic mass is 9.93. The number of nitrogens with zero attached hydrogens (tertiary/aromatic N) is 1. The fraction of sp³-hybridized carbons (Fsp3) is 0.750. The van der Waals surface area contributed by atoms with Crippen LogP contribution in [0.3, 0.4) is 0 Å². The summed E-state index contributed by atoms with van der Waals surface area (Å²) in [6.07, 6.45) is 12.2. The second-order valence-corrected chi connectivity index (χ2v) is 5.99. The van der Waals surface area contributed by atoms with Crippen LogP contribution in [0.1, 0.15) is 64.2 Å². The lowest BCUT2D eigenvalue weighted by Crippen LogP contribution is -2.52. The van der Waals surface area contributed by atoms with Crippen LogP contribution < -0.4 is 5.32 Å². The molecule has 0 spiro atoms. The summed E-state index contributed by atoms with van der Waals surface area (Å²) in [5.41, 5.74) is 0. The Balaban J connectivity index is 1.98. The first kappa shape index (κ1) is 15.1. The number of hydrogen-bond acceptors (Lipinski definition) is 2. The van der Waals surface area contributed by atoms with Crippen molar-refractivity contribution < 1.29 is 9.59 Å². The molecule has 2 rings (SSSR count). The van der Waals surface area contributed by atoms with Crippen molar-refractivity contribution >= 4 is 11.9 Å². The zero-order valence-electron chi connectivity index (χ0n) is 12.3. The van der Waals surface area contributed by atoms with Crippen LogP contribution in [0.25, 0.3) is 0 Å². The van der Waals surface area contributed by atoms with Crippen LogP contribution in [0, 0.1) is 0 Å². The molecule has 4 nitrogen and oxygen atoms in total. The van der Waals surface area contributed by atoms with E-state index in [1.165, 1.54) is 36.7 Å². The van der Waals surface area contributed by atoms with Gasteiger partial charge in [0, 0.05) is 12.1 Å². The maximum atomic E-state index is 12.5. The van der Waals surface area contributed by atoms with Crippen molar-refractivity contribution in [1.82, 2.24) is 10.2 Å². The van der Waals surface area contributed by atoms with Gasteiger partial charge in [0.15, 0.2) is 0 Å². The molecule has 20 heavy (non-hydrogen) atoms. The minimum atomic E-state index is -0.259. The van der Waals surface area contributed by atoms with Crippen molar-refractivity contribution in [1.29, 1.82) is 0 Å².